The highest BCUT2D eigenvalue weighted by molar-refractivity contribution is 7.22. The maximum absolute atomic E-state index is 12.2. The van der Waals surface area contributed by atoms with E-state index in [1.807, 2.05) is 18.2 Å². The van der Waals surface area contributed by atoms with Crippen molar-refractivity contribution in [3.63, 3.8) is 0 Å². The molecule has 2 heterocycles. The minimum atomic E-state index is 0.0947. The third kappa shape index (κ3) is 3.18. The zero-order valence-electron chi connectivity index (χ0n) is 12.3. The largest absolute Gasteiger partial charge is 0.356 e. The maximum Gasteiger partial charge on any atom is 0.224 e. The van der Waals surface area contributed by atoms with Crippen molar-refractivity contribution >= 4 is 32.6 Å². The van der Waals surface area contributed by atoms with Crippen LogP contribution in [0, 0.1) is 5.92 Å². The average Bonchev–Trinajstić information content (AvgIpc) is 2.97. The summed E-state index contributed by atoms with van der Waals surface area (Å²) in [6, 6.07) is 8.21. The lowest BCUT2D eigenvalue weighted by Gasteiger charge is -2.31. The van der Waals surface area contributed by atoms with Crippen LogP contribution in [0.3, 0.4) is 0 Å². The third-order valence-corrected chi connectivity index (χ3v) is 4.99. The molecule has 1 amide bonds. The number of rotatable bonds is 4. The Kier molecular flexibility index (Phi) is 4.39. The number of nitrogens with one attached hydrogen (secondary N) is 1. The topological polar surface area (TPSA) is 45.2 Å². The summed E-state index contributed by atoms with van der Waals surface area (Å²) in [5.41, 5.74) is 1.05. The molecule has 0 bridgehead atoms. The van der Waals surface area contributed by atoms with E-state index in [0.717, 1.165) is 49.5 Å². The van der Waals surface area contributed by atoms with E-state index < -0.39 is 0 Å². The van der Waals surface area contributed by atoms with Gasteiger partial charge in [0.2, 0.25) is 5.91 Å². The number of hydrogen-bond donors (Lipinski definition) is 1. The second kappa shape index (κ2) is 6.43. The number of benzene rings is 1. The van der Waals surface area contributed by atoms with Gasteiger partial charge in [0.25, 0.3) is 0 Å². The van der Waals surface area contributed by atoms with Gasteiger partial charge in [0, 0.05) is 19.6 Å². The summed E-state index contributed by atoms with van der Waals surface area (Å²) < 4.78 is 1.21. The fourth-order valence-corrected chi connectivity index (χ4v) is 3.75. The van der Waals surface area contributed by atoms with E-state index in [2.05, 4.69) is 23.2 Å². The molecule has 1 saturated heterocycles. The molecule has 1 aromatic heterocycles. The monoisotopic (exact) mass is 303 g/mol. The van der Waals surface area contributed by atoms with Crippen molar-refractivity contribution in [3.05, 3.63) is 24.3 Å². The fourth-order valence-electron chi connectivity index (χ4n) is 2.75. The van der Waals surface area contributed by atoms with E-state index in [-0.39, 0.29) is 11.8 Å². The van der Waals surface area contributed by atoms with Gasteiger partial charge in [-0.25, -0.2) is 4.98 Å². The Hall–Kier alpha value is -1.62. The number of nitrogens with zero attached hydrogens (tertiary/aromatic N) is 2. The molecule has 1 unspecified atom stereocenters. The van der Waals surface area contributed by atoms with E-state index in [1.54, 1.807) is 11.3 Å². The van der Waals surface area contributed by atoms with E-state index in [9.17, 15) is 4.79 Å². The first-order valence-corrected chi connectivity index (χ1v) is 8.48. The lowest BCUT2D eigenvalue weighted by Crippen LogP contribution is -2.43. The summed E-state index contributed by atoms with van der Waals surface area (Å²) >= 11 is 1.72. The summed E-state index contributed by atoms with van der Waals surface area (Å²) in [6.45, 7) is 4.64. The van der Waals surface area contributed by atoms with Crippen LogP contribution in [-0.4, -0.2) is 30.5 Å². The molecule has 4 nitrogen and oxygen atoms in total. The molecule has 0 radical (unpaired) electrons. The molecule has 0 saturated carbocycles. The Bertz CT molecular complexity index is 592. The predicted molar refractivity (Wildman–Crippen MR) is 87.9 cm³/mol. The van der Waals surface area contributed by atoms with E-state index >= 15 is 0 Å². The van der Waals surface area contributed by atoms with Gasteiger partial charge in [-0.15, -0.1) is 0 Å². The lowest BCUT2D eigenvalue weighted by molar-refractivity contribution is -0.125. The van der Waals surface area contributed by atoms with E-state index in [1.165, 1.54) is 4.70 Å². The number of thiazole rings is 1. The van der Waals surface area contributed by atoms with Crippen LogP contribution in [0.15, 0.2) is 24.3 Å². The molecule has 1 aliphatic heterocycles. The fraction of sp³-hybridized carbons (Fsp3) is 0.500. The molecule has 112 valence electrons. The Balaban J connectivity index is 1.72. The quantitative estimate of drug-likeness (QED) is 0.944. The highest BCUT2D eigenvalue weighted by Crippen LogP contribution is 2.31. The number of carbonyl (C=O) groups excluding carboxylic acids is 1. The smallest absolute Gasteiger partial charge is 0.224 e. The Labute approximate surface area is 129 Å². The Morgan fingerprint density at radius 2 is 2.33 bits per heavy atom. The molecule has 5 heteroatoms. The number of piperidine rings is 1. The van der Waals surface area contributed by atoms with Gasteiger partial charge in [-0.1, -0.05) is 30.4 Å². The second-order valence-corrected chi connectivity index (χ2v) is 6.55. The van der Waals surface area contributed by atoms with Crippen molar-refractivity contribution in [2.75, 3.05) is 24.5 Å². The molecular weight excluding hydrogens is 282 g/mol. The first kappa shape index (κ1) is 14.3. The zero-order chi connectivity index (χ0) is 14.7. The maximum atomic E-state index is 12.2. The summed E-state index contributed by atoms with van der Waals surface area (Å²) in [5.74, 6) is 0.292. The first-order chi connectivity index (χ1) is 10.3. The van der Waals surface area contributed by atoms with Crippen LogP contribution in [0.1, 0.15) is 26.2 Å². The number of anilines is 1. The number of amides is 1. The molecule has 1 fully saturated rings. The SMILES string of the molecule is CCCNC(=O)C1CCCN(c2nc3ccccc3s2)C1. The van der Waals surface area contributed by atoms with Crippen LogP contribution in [-0.2, 0) is 4.79 Å². The molecule has 3 rings (SSSR count). The number of hydrogen-bond acceptors (Lipinski definition) is 4. The van der Waals surface area contributed by atoms with Gasteiger partial charge in [0.1, 0.15) is 0 Å². The van der Waals surface area contributed by atoms with Gasteiger partial charge >= 0.3 is 0 Å². The van der Waals surface area contributed by atoms with Gasteiger partial charge in [-0.2, -0.15) is 0 Å². The standard InChI is InChI=1S/C16H21N3OS/c1-2-9-17-15(20)12-6-5-10-19(11-12)16-18-13-7-3-4-8-14(13)21-16/h3-4,7-8,12H,2,5-6,9-11H2,1H3,(H,17,20). The zero-order valence-corrected chi connectivity index (χ0v) is 13.2. The second-order valence-electron chi connectivity index (χ2n) is 5.54. The minimum absolute atomic E-state index is 0.0947. The number of aromatic nitrogens is 1. The highest BCUT2D eigenvalue weighted by Gasteiger charge is 2.27. The minimum Gasteiger partial charge on any atom is -0.356 e. The van der Waals surface area contributed by atoms with Crippen LogP contribution < -0.4 is 10.2 Å². The van der Waals surface area contributed by atoms with Crippen LogP contribution in [0.2, 0.25) is 0 Å². The van der Waals surface area contributed by atoms with Crippen LogP contribution in [0.4, 0.5) is 5.13 Å². The van der Waals surface area contributed by atoms with E-state index in [0.29, 0.717) is 0 Å². The number of carbonyl (C=O) groups is 1. The molecule has 1 N–H and O–H groups in total. The molecule has 0 aliphatic carbocycles. The van der Waals surface area contributed by atoms with Crippen LogP contribution >= 0.6 is 11.3 Å². The van der Waals surface area contributed by atoms with Crippen molar-refractivity contribution < 1.29 is 4.79 Å². The van der Waals surface area contributed by atoms with Gasteiger partial charge in [-0.3, -0.25) is 4.79 Å². The Morgan fingerprint density at radius 3 is 3.14 bits per heavy atom. The normalized spacial score (nSPS) is 18.9. The van der Waals surface area contributed by atoms with Gasteiger partial charge in [0.05, 0.1) is 16.1 Å². The first-order valence-electron chi connectivity index (χ1n) is 7.66. The van der Waals surface area contributed by atoms with Gasteiger partial charge in [-0.05, 0) is 31.4 Å². The van der Waals surface area contributed by atoms with Crippen molar-refractivity contribution in [1.82, 2.24) is 10.3 Å². The molecule has 1 aliphatic rings. The predicted octanol–water partition coefficient (Wildman–Crippen LogP) is 3.04. The van der Waals surface area contributed by atoms with Crippen molar-refractivity contribution in [2.45, 2.75) is 26.2 Å². The Morgan fingerprint density at radius 1 is 1.48 bits per heavy atom. The summed E-state index contributed by atoms with van der Waals surface area (Å²) in [7, 11) is 0. The molecular formula is C16H21N3OS. The van der Waals surface area contributed by atoms with Crippen molar-refractivity contribution in [2.24, 2.45) is 5.92 Å². The van der Waals surface area contributed by atoms with Gasteiger partial charge in [0.15, 0.2) is 5.13 Å². The highest BCUT2D eigenvalue weighted by atomic mass is 32.1. The van der Waals surface area contributed by atoms with E-state index in [4.69, 9.17) is 4.98 Å². The molecule has 0 spiro atoms. The lowest BCUT2D eigenvalue weighted by atomic mass is 9.97. The molecule has 1 aromatic carbocycles. The van der Waals surface area contributed by atoms with Crippen LogP contribution in [0.5, 0.6) is 0 Å². The molecule has 1 atom stereocenters. The summed E-state index contributed by atoms with van der Waals surface area (Å²) in [5, 5.41) is 4.06. The third-order valence-electron chi connectivity index (χ3n) is 3.89. The molecule has 2 aromatic rings. The van der Waals surface area contributed by atoms with Crippen molar-refractivity contribution in [1.29, 1.82) is 0 Å². The number of fused-ring (bicyclic) bond motifs is 1. The number of para-hydroxylation sites is 1. The summed E-state index contributed by atoms with van der Waals surface area (Å²) in [6.07, 6.45) is 3.02. The summed E-state index contributed by atoms with van der Waals surface area (Å²) in [4.78, 5) is 19.1. The average molecular weight is 303 g/mol. The molecule has 21 heavy (non-hydrogen) atoms. The van der Waals surface area contributed by atoms with Gasteiger partial charge < -0.3 is 10.2 Å². The van der Waals surface area contributed by atoms with Crippen LogP contribution in [0.25, 0.3) is 10.2 Å². The van der Waals surface area contributed by atoms with Crippen molar-refractivity contribution in [3.8, 4) is 0 Å².